The molecule has 1 aromatic carbocycles. The van der Waals surface area contributed by atoms with Crippen molar-refractivity contribution in [3.05, 3.63) is 58.7 Å². The van der Waals surface area contributed by atoms with Crippen LogP contribution in [0.1, 0.15) is 16.1 Å². The number of nitrogens with zero attached hydrogens (tertiary/aromatic N) is 4. The summed E-state index contributed by atoms with van der Waals surface area (Å²) in [5.41, 5.74) is 1.41. The number of carbonyl (C=O) groups is 1. The summed E-state index contributed by atoms with van der Waals surface area (Å²) >= 11 is 3.31. The van der Waals surface area contributed by atoms with Crippen molar-refractivity contribution in [3.8, 4) is 11.6 Å². The first-order valence-corrected chi connectivity index (χ1v) is 7.46. The number of carbonyl (C=O) groups excluding carboxylic acids is 1. The fourth-order valence-electron chi connectivity index (χ4n) is 1.98. The Labute approximate surface area is 140 Å². The number of hydrogen-bond acceptors (Lipinski definition) is 5. The van der Waals surface area contributed by atoms with E-state index >= 15 is 0 Å². The zero-order chi connectivity index (χ0) is 16.4. The van der Waals surface area contributed by atoms with Crippen LogP contribution in [0.4, 0.5) is 5.69 Å². The zero-order valence-corrected chi connectivity index (χ0v) is 13.6. The number of hydrogen-bond donors (Lipinski definition) is 2. The van der Waals surface area contributed by atoms with Gasteiger partial charge in [0.15, 0.2) is 0 Å². The normalized spacial score (nSPS) is 10.5. The molecular weight excluding hydrogens is 362 g/mol. The zero-order valence-electron chi connectivity index (χ0n) is 12.1. The molecule has 3 aromatic rings. The van der Waals surface area contributed by atoms with Gasteiger partial charge in [-0.05, 0) is 52.7 Å². The molecule has 0 spiro atoms. The lowest BCUT2D eigenvalue weighted by molar-refractivity contribution is 0.102. The first-order chi connectivity index (χ1) is 11.0. The SMILES string of the molecule is Cc1ccc(NC(=O)c2nc(-n3cnnc3)ccc2Br)c(O)c1. The summed E-state index contributed by atoms with van der Waals surface area (Å²) in [5, 5.41) is 20.0. The van der Waals surface area contributed by atoms with Crippen molar-refractivity contribution in [1.82, 2.24) is 19.7 Å². The van der Waals surface area contributed by atoms with Gasteiger partial charge in [0.2, 0.25) is 0 Å². The van der Waals surface area contributed by atoms with E-state index in [1.807, 2.05) is 6.92 Å². The van der Waals surface area contributed by atoms with E-state index < -0.39 is 5.91 Å². The molecule has 3 rings (SSSR count). The van der Waals surface area contributed by atoms with E-state index in [1.165, 1.54) is 12.7 Å². The van der Waals surface area contributed by atoms with Crippen LogP contribution < -0.4 is 5.32 Å². The van der Waals surface area contributed by atoms with E-state index in [2.05, 4.69) is 36.4 Å². The summed E-state index contributed by atoms with van der Waals surface area (Å²) in [6, 6.07) is 8.46. The molecule has 0 radical (unpaired) electrons. The third-order valence-electron chi connectivity index (χ3n) is 3.13. The number of aryl methyl sites for hydroxylation is 1. The fourth-order valence-corrected chi connectivity index (χ4v) is 2.38. The van der Waals surface area contributed by atoms with Gasteiger partial charge in [-0.2, -0.15) is 0 Å². The molecule has 0 aliphatic heterocycles. The molecule has 0 aliphatic carbocycles. The molecule has 0 saturated heterocycles. The van der Waals surface area contributed by atoms with Crippen LogP contribution in [0.25, 0.3) is 5.82 Å². The number of benzene rings is 1. The highest BCUT2D eigenvalue weighted by molar-refractivity contribution is 9.10. The van der Waals surface area contributed by atoms with Gasteiger partial charge in [0, 0.05) is 4.47 Å². The predicted octanol–water partition coefficient (Wildman–Crippen LogP) is 2.69. The topological polar surface area (TPSA) is 92.9 Å². The molecule has 2 N–H and O–H groups in total. The molecule has 8 heteroatoms. The van der Waals surface area contributed by atoms with Crippen molar-refractivity contribution in [2.24, 2.45) is 0 Å². The molecule has 0 saturated carbocycles. The first-order valence-electron chi connectivity index (χ1n) is 6.67. The van der Waals surface area contributed by atoms with Gasteiger partial charge in [0.1, 0.15) is 29.9 Å². The molecule has 0 unspecified atom stereocenters. The van der Waals surface area contributed by atoms with Crippen molar-refractivity contribution in [2.75, 3.05) is 5.32 Å². The largest absolute Gasteiger partial charge is 0.506 e. The molecule has 23 heavy (non-hydrogen) atoms. The molecular formula is C15H12BrN5O2. The molecule has 0 fully saturated rings. The number of anilines is 1. The number of aromatic nitrogens is 4. The number of aromatic hydroxyl groups is 1. The maximum absolute atomic E-state index is 12.4. The van der Waals surface area contributed by atoms with Crippen molar-refractivity contribution in [2.45, 2.75) is 6.92 Å². The lowest BCUT2D eigenvalue weighted by atomic mass is 10.2. The molecule has 0 atom stereocenters. The van der Waals surface area contributed by atoms with Crippen LogP contribution in [0.5, 0.6) is 5.75 Å². The summed E-state index contributed by atoms with van der Waals surface area (Å²) in [6.45, 7) is 1.85. The van der Waals surface area contributed by atoms with Gasteiger partial charge in [-0.1, -0.05) is 6.07 Å². The Morgan fingerprint density at radius 2 is 1.96 bits per heavy atom. The van der Waals surface area contributed by atoms with Crippen LogP contribution in [0, 0.1) is 6.92 Å². The monoisotopic (exact) mass is 373 g/mol. The second-order valence-electron chi connectivity index (χ2n) is 4.84. The number of amides is 1. The van der Waals surface area contributed by atoms with Crippen LogP contribution in [-0.2, 0) is 0 Å². The Morgan fingerprint density at radius 3 is 2.65 bits per heavy atom. The lowest BCUT2D eigenvalue weighted by Gasteiger charge is -2.10. The van der Waals surface area contributed by atoms with Crippen molar-refractivity contribution in [3.63, 3.8) is 0 Å². The molecule has 116 valence electrons. The Hall–Kier alpha value is -2.74. The van der Waals surface area contributed by atoms with Gasteiger partial charge in [0.25, 0.3) is 5.91 Å². The van der Waals surface area contributed by atoms with Gasteiger partial charge in [0.05, 0.1) is 5.69 Å². The number of phenolic OH excluding ortho intramolecular Hbond substituents is 1. The van der Waals surface area contributed by atoms with E-state index in [0.717, 1.165) is 5.56 Å². The van der Waals surface area contributed by atoms with E-state index in [0.29, 0.717) is 16.0 Å². The minimum atomic E-state index is -0.439. The predicted molar refractivity (Wildman–Crippen MR) is 87.7 cm³/mol. The number of rotatable bonds is 3. The summed E-state index contributed by atoms with van der Waals surface area (Å²) < 4.78 is 2.13. The van der Waals surface area contributed by atoms with Crippen LogP contribution in [-0.4, -0.2) is 30.8 Å². The number of phenols is 1. The summed E-state index contributed by atoms with van der Waals surface area (Å²) in [4.78, 5) is 16.7. The van der Waals surface area contributed by atoms with Crippen molar-refractivity contribution in [1.29, 1.82) is 0 Å². The quantitative estimate of drug-likeness (QED) is 0.688. The third-order valence-corrected chi connectivity index (χ3v) is 3.77. The second kappa shape index (κ2) is 6.17. The average Bonchev–Trinajstić information content (AvgIpc) is 3.05. The third kappa shape index (κ3) is 3.21. The average molecular weight is 374 g/mol. The molecule has 2 aromatic heterocycles. The van der Waals surface area contributed by atoms with Crippen molar-refractivity contribution >= 4 is 27.5 Å². The van der Waals surface area contributed by atoms with Gasteiger partial charge in [-0.3, -0.25) is 9.36 Å². The highest BCUT2D eigenvalue weighted by atomic mass is 79.9. The second-order valence-corrected chi connectivity index (χ2v) is 5.70. The maximum Gasteiger partial charge on any atom is 0.275 e. The van der Waals surface area contributed by atoms with Crippen LogP contribution in [0.15, 0.2) is 47.5 Å². The number of nitrogens with one attached hydrogen (secondary N) is 1. The molecule has 7 nitrogen and oxygen atoms in total. The van der Waals surface area contributed by atoms with Gasteiger partial charge >= 0.3 is 0 Å². The number of halogens is 1. The Morgan fingerprint density at radius 1 is 1.22 bits per heavy atom. The Kier molecular flexibility index (Phi) is 4.07. The minimum absolute atomic E-state index is 0.00411. The van der Waals surface area contributed by atoms with Crippen LogP contribution >= 0.6 is 15.9 Å². The molecule has 0 bridgehead atoms. The standard InChI is InChI=1S/C15H12BrN5O2/c1-9-2-4-11(12(22)6-9)19-15(23)14-10(16)3-5-13(20-14)21-7-17-18-8-21/h2-8,22H,1H3,(H,19,23). The summed E-state index contributed by atoms with van der Waals surface area (Å²) in [5.74, 6) is 0.0758. The van der Waals surface area contributed by atoms with Crippen molar-refractivity contribution < 1.29 is 9.90 Å². The Balaban J connectivity index is 1.91. The van der Waals surface area contributed by atoms with E-state index in [1.54, 1.807) is 34.9 Å². The number of pyridine rings is 1. The van der Waals surface area contributed by atoms with E-state index in [-0.39, 0.29) is 11.4 Å². The highest BCUT2D eigenvalue weighted by Crippen LogP contribution is 2.25. The van der Waals surface area contributed by atoms with Crippen LogP contribution in [0.3, 0.4) is 0 Å². The van der Waals surface area contributed by atoms with E-state index in [9.17, 15) is 9.90 Å². The van der Waals surface area contributed by atoms with Gasteiger partial charge < -0.3 is 10.4 Å². The molecule has 2 heterocycles. The lowest BCUT2D eigenvalue weighted by Crippen LogP contribution is -2.15. The van der Waals surface area contributed by atoms with E-state index in [4.69, 9.17) is 0 Å². The van der Waals surface area contributed by atoms with Crippen LogP contribution in [0.2, 0.25) is 0 Å². The molecule has 1 amide bonds. The summed E-state index contributed by atoms with van der Waals surface area (Å²) in [6.07, 6.45) is 2.98. The van der Waals surface area contributed by atoms with Gasteiger partial charge in [-0.15, -0.1) is 10.2 Å². The summed E-state index contributed by atoms with van der Waals surface area (Å²) in [7, 11) is 0. The molecule has 0 aliphatic rings. The maximum atomic E-state index is 12.4. The smallest absolute Gasteiger partial charge is 0.275 e. The van der Waals surface area contributed by atoms with Gasteiger partial charge in [-0.25, -0.2) is 4.98 Å². The first kappa shape index (κ1) is 15.2. The fraction of sp³-hybridized carbons (Fsp3) is 0.0667. The minimum Gasteiger partial charge on any atom is -0.506 e. The highest BCUT2D eigenvalue weighted by Gasteiger charge is 2.15. The Bertz CT molecular complexity index is 864.